The minimum atomic E-state index is 0.103. The Morgan fingerprint density at radius 1 is 1.26 bits per heavy atom. The average Bonchev–Trinajstić information content (AvgIpc) is 2.78. The molecule has 0 amide bonds. The molecule has 6 nitrogen and oxygen atoms in total. The van der Waals surface area contributed by atoms with Crippen LogP contribution >= 0.6 is 0 Å². The van der Waals surface area contributed by atoms with Crippen LogP contribution in [0, 0.1) is 13.8 Å². The van der Waals surface area contributed by atoms with Gasteiger partial charge in [-0.25, -0.2) is 0 Å². The molecule has 1 heterocycles. The lowest BCUT2D eigenvalue weighted by molar-refractivity contribution is 0.509. The summed E-state index contributed by atoms with van der Waals surface area (Å²) in [7, 11) is 1.75. The first kappa shape index (κ1) is 13.6. The first-order valence-corrected chi connectivity index (χ1v) is 6.33. The van der Waals surface area contributed by atoms with E-state index in [1.54, 1.807) is 7.05 Å². The fourth-order valence-corrected chi connectivity index (χ4v) is 2.03. The summed E-state index contributed by atoms with van der Waals surface area (Å²) in [4.78, 5) is 1.46. The quantitative estimate of drug-likeness (QED) is 0.602. The number of hydrazine groups is 1. The van der Waals surface area contributed by atoms with Gasteiger partial charge in [0.1, 0.15) is 0 Å². The molecule has 102 valence electrons. The second-order valence-electron chi connectivity index (χ2n) is 4.89. The van der Waals surface area contributed by atoms with E-state index in [-0.39, 0.29) is 6.04 Å². The van der Waals surface area contributed by atoms with Gasteiger partial charge in [0.15, 0.2) is 5.82 Å². The lowest BCUT2D eigenvalue weighted by Gasteiger charge is -2.14. The first-order chi connectivity index (χ1) is 9.08. The molecular formula is C13H20N6. The van der Waals surface area contributed by atoms with Crippen molar-refractivity contribution in [3.05, 3.63) is 40.7 Å². The molecule has 1 unspecified atom stereocenters. The van der Waals surface area contributed by atoms with Gasteiger partial charge in [-0.3, -0.25) is 11.3 Å². The minimum Gasteiger partial charge on any atom is -0.271 e. The van der Waals surface area contributed by atoms with Crippen molar-refractivity contribution in [3.63, 3.8) is 0 Å². The van der Waals surface area contributed by atoms with Crippen LogP contribution in [0.15, 0.2) is 18.2 Å². The smallest absolute Gasteiger partial charge is 0.176 e. The van der Waals surface area contributed by atoms with E-state index in [4.69, 9.17) is 5.84 Å². The van der Waals surface area contributed by atoms with Crippen molar-refractivity contribution in [2.45, 2.75) is 32.7 Å². The van der Waals surface area contributed by atoms with Crippen molar-refractivity contribution >= 4 is 0 Å². The maximum Gasteiger partial charge on any atom is 0.176 e. The Bertz CT molecular complexity index is 548. The van der Waals surface area contributed by atoms with E-state index in [0.717, 1.165) is 6.42 Å². The Hall–Kier alpha value is -1.79. The molecule has 1 aromatic carbocycles. The lowest BCUT2D eigenvalue weighted by Crippen LogP contribution is -2.38. The fourth-order valence-electron chi connectivity index (χ4n) is 2.03. The van der Waals surface area contributed by atoms with Gasteiger partial charge in [0.2, 0.25) is 0 Å². The zero-order valence-corrected chi connectivity index (χ0v) is 11.6. The molecule has 2 rings (SSSR count). The zero-order valence-electron chi connectivity index (χ0n) is 11.6. The predicted molar refractivity (Wildman–Crippen MR) is 73.2 cm³/mol. The number of rotatable bonds is 5. The summed E-state index contributed by atoms with van der Waals surface area (Å²) in [5.41, 5.74) is 6.68. The van der Waals surface area contributed by atoms with E-state index in [2.05, 4.69) is 52.9 Å². The van der Waals surface area contributed by atoms with Gasteiger partial charge in [0.05, 0.1) is 7.05 Å². The van der Waals surface area contributed by atoms with E-state index in [1.807, 2.05) is 0 Å². The number of nitrogens with one attached hydrogen (secondary N) is 1. The molecule has 0 aliphatic rings. The van der Waals surface area contributed by atoms with Gasteiger partial charge in [-0.1, -0.05) is 18.2 Å². The fraction of sp³-hybridized carbons (Fsp3) is 0.462. The Kier molecular flexibility index (Phi) is 4.24. The summed E-state index contributed by atoms with van der Waals surface area (Å²) in [6, 6.07) is 6.57. The summed E-state index contributed by atoms with van der Waals surface area (Å²) in [6.07, 6.45) is 1.51. The molecule has 0 spiro atoms. The minimum absolute atomic E-state index is 0.103. The highest BCUT2D eigenvalue weighted by Gasteiger charge is 2.12. The monoisotopic (exact) mass is 260 g/mol. The highest BCUT2D eigenvalue weighted by atomic mass is 15.6. The van der Waals surface area contributed by atoms with Crippen molar-refractivity contribution in [1.82, 2.24) is 25.6 Å². The molecule has 0 radical (unpaired) electrons. The third-order valence-electron chi connectivity index (χ3n) is 3.27. The van der Waals surface area contributed by atoms with Gasteiger partial charge in [-0.05, 0) is 42.2 Å². The maximum atomic E-state index is 5.61. The SMILES string of the molecule is Cc1ccc(CC(Cc2nnn(C)n2)NN)cc1C. The molecule has 3 N–H and O–H groups in total. The number of nitrogens with two attached hydrogens (primary N) is 1. The molecule has 6 heteroatoms. The van der Waals surface area contributed by atoms with Gasteiger partial charge in [0.25, 0.3) is 0 Å². The van der Waals surface area contributed by atoms with Gasteiger partial charge < -0.3 is 0 Å². The summed E-state index contributed by atoms with van der Waals surface area (Å²) >= 11 is 0. The highest BCUT2D eigenvalue weighted by molar-refractivity contribution is 5.30. The number of tetrazole rings is 1. The van der Waals surface area contributed by atoms with Crippen molar-refractivity contribution in [1.29, 1.82) is 0 Å². The number of hydrogen-bond donors (Lipinski definition) is 2. The largest absolute Gasteiger partial charge is 0.271 e. The zero-order chi connectivity index (χ0) is 13.8. The van der Waals surface area contributed by atoms with Gasteiger partial charge in [-0.2, -0.15) is 4.80 Å². The van der Waals surface area contributed by atoms with Crippen LogP contribution < -0.4 is 11.3 Å². The van der Waals surface area contributed by atoms with Crippen molar-refractivity contribution in [2.75, 3.05) is 0 Å². The Balaban J connectivity index is 2.04. The van der Waals surface area contributed by atoms with Crippen LogP contribution in [0.2, 0.25) is 0 Å². The van der Waals surface area contributed by atoms with Crippen molar-refractivity contribution in [2.24, 2.45) is 12.9 Å². The predicted octanol–water partition coefficient (Wildman–Crippen LogP) is 0.444. The summed E-state index contributed by atoms with van der Waals surface area (Å²) in [6.45, 7) is 4.23. The molecule has 1 atom stereocenters. The van der Waals surface area contributed by atoms with Crippen LogP contribution in [-0.4, -0.2) is 26.2 Å². The Labute approximate surface area is 113 Å². The van der Waals surface area contributed by atoms with E-state index < -0.39 is 0 Å². The molecule has 0 bridgehead atoms. The summed E-state index contributed by atoms with van der Waals surface area (Å²) < 4.78 is 0. The van der Waals surface area contributed by atoms with Gasteiger partial charge >= 0.3 is 0 Å². The van der Waals surface area contributed by atoms with Crippen molar-refractivity contribution in [3.8, 4) is 0 Å². The molecule has 0 fully saturated rings. The number of nitrogens with zero attached hydrogens (tertiary/aromatic N) is 4. The molecule has 0 aliphatic heterocycles. The van der Waals surface area contributed by atoms with Crippen LogP contribution in [0.4, 0.5) is 0 Å². The van der Waals surface area contributed by atoms with Gasteiger partial charge in [-0.15, -0.1) is 10.2 Å². The summed E-state index contributed by atoms with van der Waals surface area (Å²) in [5.74, 6) is 6.31. The third kappa shape index (κ3) is 3.59. The topological polar surface area (TPSA) is 81.7 Å². The third-order valence-corrected chi connectivity index (χ3v) is 3.27. The standard InChI is InChI=1S/C13H20N6/c1-9-4-5-11(6-10(9)2)7-12(15-14)8-13-16-18-19(3)17-13/h4-6,12,15H,7-8,14H2,1-3H3. The molecular weight excluding hydrogens is 240 g/mol. The van der Waals surface area contributed by atoms with E-state index >= 15 is 0 Å². The van der Waals surface area contributed by atoms with Crippen LogP contribution in [-0.2, 0) is 19.9 Å². The van der Waals surface area contributed by atoms with E-state index in [0.29, 0.717) is 12.2 Å². The summed E-state index contributed by atoms with van der Waals surface area (Å²) in [5, 5.41) is 12.0. The highest BCUT2D eigenvalue weighted by Crippen LogP contribution is 2.12. The Morgan fingerprint density at radius 2 is 2.05 bits per heavy atom. The van der Waals surface area contributed by atoms with Crippen LogP contribution in [0.3, 0.4) is 0 Å². The molecule has 19 heavy (non-hydrogen) atoms. The van der Waals surface area contributed by atoms with E-state index in [9.17, 15) is 0 Å². The second kappa shape index (κ2) is 5.90. The van der Waals surface area contributed by atoms with Gasteiger partial charge in [0, 0.05) is 12.5 Å². The van der Waals surface area contributed by atoms with Crippen LogP contribution in [0.1, 0.15) is 22.5 Å². The second-order valence-corrected chi connectivity index (χ2v) is 4.89. The molecule has 0 saturated heterocycles. The number of benzene rings is 1. The molecule has 0 saturated carbocycles. The maximum absolute atomic E-state index is 5.61. The molecule has 1 aromatic heterocycles. The number of hydrogen-bond acceptors (Lipinski definition) is 5. The molecule has 0 aliphatic carbocycles. The Morgan fingerprint density at radius 3 is 2.63 bits per heavy atom. The van der Waals surface area contributed by atoms with E-state index in [1.165, 1.54) is 21.5 Å². The lowest BCUT2D eigenvalue weighted by atomic mass is 9.99. The first-order valence-electron chi connectivity index (χ1n) is 6.33. The molecule has 2 aromatic rings. The van der Waals surface area contributed by atoms with Crippen LogP contribution in [0.25, 0.3) is 0 Å². The van der Waals surface area contributed by atoms with Crippen LogP contribution in [0.5, 0.6) is 0 Å². The normalized spacial score (nSPS) is 12.6. The number of aromatic nitrogens is 4. The van der Waals surface area contributed by atoms with Crippen molar-refractivity contribution < 1.29 is 0 Å². The number of aryl methyl sites for hydroxylation is 3. The average molecular weight is 260 g/mol.